The van der Waals surface area contributed by atoms with Crippen molar-refractivity contribution in [2.75, 3.05) is 63.4 Å². The lowest BCUT2D eigenvalue weighted by Gasteiger charge is -2.36. The minimum Gasteiger partial charge on any atom is -0.495 e. The van der Waals surface area contributed by atoms with E-state index in [2.05, 4.69) is 26.5 Å². The molecule has 1 saturated heterocycles. The maximum atomic E-state index is 12.1. The third kappa shape index (κ3) is 5.00. The van der Waals surface area contributed by atoms with Gasteiger partial charge in [-0.3, -0.25) is 14.5 Å². The van der Waals surface area contributed by atoms with Crippen LogP contribution in [0.15, 0.2) is 42.5 Å². The van der Waals surface area contributed by atoms with E-state index in [1.165, 1.54) is 0 Å². The Morgan fingerprint density at radius 2 is 1.77 bits per heavy atom. The van der Waals surface area contributed by atoms with Gasteiger partial charge in [-0.1, -0.05) is 12.1 Å². The van der Waals surface area contributed by atoms with Crippen LogP contribution in [0, 0.1) is 0 Å². The molecule has 164 valence electrons. The van der Waals surface area contributed by atoms with Crippen molar-refractivity contribution in [2.24, 2.45) is 0 Å². The molecule has 2 aliphatic rings. The molecule has 31 heavy (non-hydrogen) atoms. The smallest absolute Gasteiger partial charge is 0.313 e. The number of hydrogen-bond acceptors (Lipinski definition) is 7. The molecular weight excluding hydrogens is 400 g/mol. The summed E-state index contributed by atoms with van der Waals surface area (Å²) in [7, 11) is 1.68. The van der Waals surface area contributed by atoms with Crippen molar-refractivity contribution in [2.45, 2.75) is 0 Å². The van der Waals surface area contributed by atoms with Crippen LogP contribution in [0.4, 0.5) is 11.4 Å². The maximum absolute atomic E-state index is 12.1. The lowest BCUT2D eigenvalue weighted by atomic mass is 10.2. The number of anilines is 2. The van der Waals surface area contributed by atoms with Gasteiger partial charge in [-0.15, -0.1) is 0 Å². The van der Waals surface area contributed by atoms with E-state index in [1.807, 2.05) is 18.2 Å². The molecule has 4 rings (SSSR count). The van der Waals surface area contributed by atoms with Crippen LogP contribution in [0.1, 0.15) is 0 Å². The van der Waals surface area contributed by atoms with Crippen LogP contribution in [0.5, 0.6) is 17.2 Å². The average Bonchev–Trinajstić information content (AvgIpc) is 3.27. The summed E-state index contributed by atoms with van der Waals surface area (Å²) >= 11 is 0. The SMILES string of the molecule is COc1ccccc1N1CCN(CCNC(=O)C(=O)Nc2ccc3c(c2)OCO3)CC1. The second-order valence-electron chi connectivity index (χ2n) is 7.28. The third-order valence-corrected chi connectivity index (χ3v) is 5.35. The number of para-hydroxylation sites is 2. The Labute approximate surface area is 180 Å². The zero-order valence-corrected chi connectivity index (χ0v) is 17.4. The Kier molecular flexibility index (Phi) is 6.42. The second kappa shape index (κ2) is 9.57. The highest BCUT2D eigenvalue weighted by molar-refractivity contribution is 6.39. The van der Waals surface area contributed by atoms with Crippen LogP contribution in [-0.4, -0.2) is 69.9 Å². The number of carbonyl (C=O) groups excluding carboxylic acids is 2. The van der Waals surface area contributed by atoms with Crippen molar-refractivity contribution >= 4 is 23.2 Å². The Morgan fingerprint density at radius 1 is 1.00 bits per heavy atom. The third-order valence-electron chi connectivity index (χ3n) is 5.35. The predicted molar refractivity (Wildman–Crippen MR) is 116 cm³/mol. The quantitative estimate of drug-likeness (QED) is 0.673. The van der Waals surface area contributed by atoms with Gasteiger partial charge in [0.25, 0.3) is 0 Å². The molecule has 0 spiro atoms. The minimum absolute atomic E-state index is 0.153. The van der Waals surface area contributed by atoms with Gasteiger partial charge < -0.3 is 29.7 Å². The van der Waals surface area contributed by atoms with Crippen molar-refractivity contribution in [3.8, 4) is 17.2 Å². The van der Waals surface area contributed by atoms with Crippen LogP contribution < -0.4 is 29.7 Å². The van der Waals surface area contributed by atoms with Crippen molar-refractivity contribution < 1.29 is 23.8 Å². The van der Waals surface area contributed by atoms with E-state index < -0.39 is 11.8 Å². The van der Waals surface area contributed by atoms with Gasteiger partial charge in [0.15, 0.2) is 11.5 Å². The zero-order valence-electron chi connectivity index (χ0n) is 17.4. The fourth-order valence-corrected chi connectivity index (χ4v) is 3.67. The summed E-state index contributed by atoms with van der Waals surface area (Å²) < 4.78 is 16.0. The van der Waals surface area contributed by atoms with Crippen LogP contribution in [-0.2, 0) is 9.59 Å². The van der Waals surface area contributed by atoms with Gasteiger partial charge in [-0.25, -0.2) is 0 Å². The van der Waals surface area contributed by atoms with Gasteiger partial charge in [-0.05, 0) is 24.3 Å². The Morgan fingerprint density at radius 3 is 2.58 bits per heavy atom. The fraction of sp³-hybridized carbons (Fsp3) is 0.364. The van der Waals surface area contributed by atoms with Gasteiger partial charge in [0, 0.05) is 51.0 Å². The molecule has 0 aromatic heterocycles. The minimum atomic E-state index is -0.708. The Balaban J connectivity index is 1.18. The average molecular weight is 426 g/mol. The van der Waals surface area contributed by atoms with E-state index in [0.717, 1.165) is 37.6 Å². The molecule has 9 heteroatoms. The molecule has 0 radical (unpaired) electrons. The second-order valence-corrected chi connectivity index (χ2v) is 7.28. The maximum Gasteiger partial charge on any atom is 0.313 e. The normalized spacial score (nSPS) is 15.5. The first-order valence-corrected chi connectivity index (χ1v) is 10.2. The van der Waals surface area contributed by atoms with Crippen LogP contribution >= 0.6 is 0 Å². The largest absolute Gasteiger partial charge is 0.495 e. The number of rotatable bonds is 6. The lowest BCUT2D eigenvalue weighted by molar-refractivity contribution is -0.136. The number of carbonyl (C=O) groups is 2. The molecule has 2 aliphatic heterocycles. The summed E-state index contributed by atoms with van der Waals surface area (Å²) in [5.41, 5.74) is 1.58. The van der Waals surface area contributed by atoms with Gasteiger partial charge in [-0.2, -0.15) is 0 Å². The molecule has 2 amide bonds. The van der Waals surface area contributed by atoms with Crippen LogP contribution in [0.2, 0.25) is 0 Å². The lowest BCUT2D eigenvalue weighted by Crippen LogP contribution is -2.49. The number of nitrogens with one attached hydrogen (secondary N) is 2. The molecule has 2 heterocycles. The molecular formula is C22H26N4O5. The number of ether oxygens (including phenoxy) is 3. The number of piperazine rings is 1. The Hall–Kier alpha value is -3.46. The topological polar surface area (TPSA) is 92.4 Å². The number of amides is 2. The van der Waals surface area contributed by atoms with Gasteiger partial charge in [0.2, 0.25) is 6.79 Å². The van der Waals surface area contributed by atoms with E-state index in [-0.39, 0.29) is 6.79 Å². The molecule has 1 fully saturated rings. The summed E-state index contributed by atoms with van der Waals surface area (Å²) in [4.78, 5) is 28.8. The van der Waals surface area contributed by atoms with E-state index in [1.54, 1.807) is 25.3 Å². The first-order valence-electron chi connectivity index (χ1n) is 10.2. The van der Waals surface area contributed by atoms with Gasteiger partial charge in [0.05, 0.1) is 12.8 Å². The van der Waals surface area contributed by atoms with E-state index in [9.17, 15) is 9.59 Å². The number of nitrogens with zero attached hydrogens (tertiary/aromatic N) is 2. The summed E-state index contributed by atoms with van der Waals surface area (Å²) in [6, 6.07) is 13.0. The molecule has 2 aromatic carbocycles. The fourth-order valence-electron chi connectivity index (χ4n) is 3.67. The van der Waals surface area contributed by atoms with Crippen LogP contribution in [0.3, 0.4) is 0 Å². The standard InChI is InChI=1S/C22H26N4O5/c1-29-18-5-3-2-4-17(18)26-12-10-25(11-13-26)9-8-23-21(27)22(28)24-16-6-7-19-20(14-16)31-15-30-19/h2-7,14H,8-13,15H2,1H3,(H,23,27)(H,24,28). The summed E-state index contributed by atoms with van der Waals surface area (Å²) in [6.07, 6.45) is 0. The van der Waals surface area contributed by atoms with E-state index in [4.69, 9.17) is 14.2 Å². The summed E-state index contributed by atoms with van der Waals surface area (Å²) in [6.45, 7) is 4.73. The molecule has 2 N–H and O–H groups in total. The molecule has 0 unspecified atom stereocenters. The zero-order chi connectivity index (χ0) is 21.6. The van der Waals surface area contributed by atoms with Crippen molar-refractivity contribution in [3.63, 3.8) is 0 Å². The van der Waals surface area contributed by atoms with E-state index in [0.29, 0.717) is 30.3 Å². The van der Waals surface area contributed by atoms with Crippen molar-refractivity contribution in [1.82, 2.24) is 10.2 Å². The highest BCUT2D eigenvalue weighted by Crippen LogP contribution is 2.34. The molecule has 0 bridgehead atoms. The number of hydrogen-bond donors (Lipinski definition) is 2. The molecule has 9 nitrogen and oxygen atoms in total. The van der Waals surface area contributed by atoms with Crippen LogP contribution in [0.25, 0.3) is 0 Å². The molecule has 0 atom stereocenters. The molecule has 2 aromatic rings. The Bertz CT molecular complexity index is 943. The molecule has 0 aliphatic carbocycles. The number of fused-ring (bicyclic) bond motifs is 1. The van der Waals surface area contributed by atoms with Crippen molar-refractivity contribution in [1.29, 1.82) is 0 Å². The highest BCUT2D eigenvalue weighted by atomic mass is 16.7. The summed E-state index contributed by atoms with van der Waals surface area (Å²) in [5, 5.41) is 5.26. The number of benzene rings is 2. The first kappa shape index (κ1) is 20.8. The van der Waals surface area contributed by atoms with Gasteiger partial charge >= 0.3 is 11.8 Å². The highest BCUT2D eigenvalue weighted by Gasteiger charge is 2.20. The van der Waals surface area contributed by atoms with Gasteiger partial charge in [0.1, 0.15) is 5.75 Å². The first-order chi connectivity index (χ1) is 15.1. The number of methoxy groups -OCH3 is 1. The predicted octanol–water partition coefficient (Wildman–Crippen LogP) is 1.30. The molecule has 0 saturated carbocycles. The summed E-state index contributed by atoms with van der Waals surface area (Å²) in [5.74, 6) is 0.667. The van der Waals surface area contributed by atoms with Crippen molar-refractivity contribution in [3.05, 3.63) is 42.5 Å². The van der Waals surface area contributed by atoms with E-state index >= 15 is 0 Å². The monoisotopic (exact) mass is 426 g/mol.